The standard InChI is InChI=1S/C23H21N5O3/c1-4-20(29)27-9-7-16(14-27)23-26-19(21-22(24)25-8-10-28(21)23)6-5-15-11-17(30-2)13-18(12-15)31-3/h1,8,10-13,16H,7,9,14H2,2-3H3,(H2,24,25)/t16-/m1/s1. The van der Waals surface area contributed by atoms with Crippen LogP contribution in [0.2, 0.25) is 0 Å². The molecule has 2 N–H and O–H groups in total. The number of amides is 1. The van der Waals surface area contributed by atoms with Gasteiger partial charge in [0.15, 0.2) is 5.82 Å². The van der Waals surface area contributed by atoms with Gasteiger partial charge in [-0.25, -0.2) is 9.97 Å². The average molecular weight is 415 g/mol. The number of nitrogen functional groups attached to an aromatic ring is 1. The average Bonchev–Trinajstić information content (AvgIpc) is 3.42. The van der Waals surface area contributed by atoms with Crippen molar-refractivity contribution in [1.82, 2.24) is 19.3 Å². The molecular weight excluding hydrogens is 394 g/mol. The lowest BCUT2D eigenvalue weighted by atomic mass is 10.1. The summed E-state index contributed by atoms with van der Waals surface area (Å²) in [5.41, 5.74) is 8.03. The van der Waals surface area contributed by atoms with Crippen LogP contribution >= 0.6 is 0 Å². The van der Waals surface area contributed by atoms with Gasteiger partial charge in [0.2, 0.25) is 0 Å². The highest BCUT2D eigenvalue weighted by atomic mass is 16.5. The normalized spacial score (nSPS) is 15.3. The number of anilines is 1. The Balaban J connectivity index is 1.75. The highest BCUT2D eigenvalue weighted by Crippen LogP contribution is 2.29. The predicted molar refractivity (Wildman–Crippen MR) is 116 cm³/mol. The number of ether oxygens (including phenoxy) is 2. The van der Waals surface area contributed by atoms with Gasteiger partial charge in [0.25, 0.3) is 5.91 Å². The van der Waals surface area contributed by atoms with E-state index in [0.717, 1.165) is 12.2 Å². The molecule has 0 aliphatic carbocycles. The number of fused-ring (bicyclic) bond motifs is 1. The Hall–Kier alpha value is -4.17. The fraction of sp³-hybridized carbons (Fsp3) is 0.261. The Morgan fingerprint density at radius 3 is 2.65 bits per heavy atom. The molecule has 0 saturated carbocycles. The van der Waals surface area contributed by atoms with Crippen LogP contribution in [0.4, 0.5) is 5.82 Å². The van der Waals surface area contributed by atoms with Crippen molar-refractivity contribution in [3.8, 4) is 35.7 Å². The van der Waals surface area contributed by atoms with E-state index in [4.69, 9.17) is 26.6 Å². The number of methoxy groups -OCH3 is 2. The first-order chi connectivity index (χ1) is 15.0. The quantitative estimate of drug-likeness (QED) is 0.654. The Kier molecular flexibility index (Phi) is 5.38. The summed E-state index contributed by atoms with van der Waals surface area (Å²) in [7, 11) is 3.17. The predicted octanol–water partition coefficient (Wildman–Crippen LogP) is 1.68. The molecule has 1 atom stereocenters. The molecule has 31 heavy (non-hydrogen) atoms. The molecule has 2 aromatic heterocycles. The maximum atomic E-state index is 11.9. The second kappa shape index (κ2) is 8.29. The number of aromatic nitrogens is 3. The van der Waals surface area contributed by atoms with Crippen molar-refractivity contribution < 1.29 is 14.3 Å². The van der Waals surface area contributed by atoms with Crippen LogP contribution in [0.1, 0.15) is 29.4 Å². The van der Waals surface area contributed by atoms with E-state index in [1.807, 2.05) is 16.5 Å². The number of nitrogens with two attached hydrogens (primary N) is 1. The van der Waals surface area contributed by atoms with Gasteiger partial charge in [0.1, 0.15) is 28.5 Å². The van der Waals surface area contributed by atoms with Crippen LogP contribution in [0.25, 0.3) is 5.52 Å². The summed E-state index contributed by atoms with van der Waals surface area (Å²) in [6.45, 7) is 1.10. The van der Waals surface area contributed by atoms with Crippen molar-refractivity contribution in [1.29, 1.82) is 0 Å². The van der Waals surface area contributed by atoms with Crippen molar-refractivity contribution >= 4 is 17.2 Å². The van der Waals surface area contributed by atoms with Crippen LogP contribution in [0, 0.1) is 24.2 Å². The summed E-state index contributed by atoms with van der Waals surface area (Å²) in [5.74, 6) is 10.5. The molecule has 1 aliphatic rings. The number of hydrogen-bond acceptors (Lipinski definition) is 6. The van der Waals surface area contributed by atoms with Crippen LogP contribution < -0.4 is 15.2 Å². The molecule has 1 fully saturated rings. The third-order valence-corrected chi connectivity index (χ3v) is 5.25. The highest BCUT2D eigenvalue weighted by molar-refractivity contribution is 5.93. The molecule has 156 valence electrons. The third-order valence-electron chi connectivity index (χ3n) is 5.25. The van der Waals surface area contributed by atoms with E-state index < -0.39 is 0 Å². The number of terminal acetylenes is 1. The fourth-order valence-corrected chi connectivity index (χ4v) is 3.72. The molecule has 1 amide bonds. The van der Waals surface area contributed by atoms with Gasteiger partial charge in [-0.1, -0.05) is 5.92 Å². The minimum atomic E-state index is -0.309. The number of benzene rings is 1. The summed E-state index contributed by atoms with van der Waals surface area (Å²) in [6.07, 6.45) is 9.45. The Morgan fingerprint density at radius 1 is 1.23 bits per heavy atom. The van der Waals surface area contributed by atoms with Crippen molar-refractivity contribution in [2.45, 2.75) is 12.3 Å². The van der Waals surface area contributed by atoms with E-state index in [0.29, 0.717) is 47.2 Å². The van der Waals surface area contributed by atoms with Gasteiger partial charge in [0.05, 0.1) is 14.2 Å². The second-order valence-electron chi connectivity index (χ2n) is 7.08. The van der Waals surface area contributed by atoms with E-state index in [-0.39, 0.29) is 11.8 Å². The Labute approximate surface area is 180 Å². The number of likely N-dealkylation sites (tertiary alicyclic amines) is 1. The van der Waals surface area contributed by atoms with Crippen LogP contribution in [0.3, 0.4) is 0 Å². The SMILES string of the molecule is C#CC(=O)N1CC[C@@H](c2nc(C#Cc3cc(OC)cc(OC)c3)c3c(N)nccn23)C1. The highest BCUT2D eigenvalue weighted by Gasteiger charge is 2.30. The van der Waals surface area contributed by atoms with Gasteiger partial charge >= 0.3 is 0 Å². The first-order valence-corrected chi connectivity index (χ1v) is 9.67. The molecule has 0 bridgehead atoms. The molecule has 0 radical (unpaired) electrons. The van der Waals surface area contributed by atoms with Crippen LogP contribution in [0.15, 0.2) is 30.6 Å². The molecule has 8 heteroatoms. The molecule has 0 unspecified atom stereocenters. The number of carbonyl (C=O) groups excluding carboxylic acids is 1. The number of imidazole rings is 1. The monoisotopic (exact) mass is 415 g/mol. The molecule has 3 heterocycles. The zero-order chi connectivity index (χ0) is 22.0. The lowest BCUT2D eigenvalue weighted by Gasteiger charge is -2.12. The molecule has 0 spiro atoms. The van der Waals surface area contributed by atoms with Crippen molar-refractivity contribution in [2.75, 3.05) is 33.0 Å². The summed E-state index contributed by atoms with van der Waals surface area (Å²) in [5, 5.41) is 0. The zero-order valence-electron chi connectivity index (χ0n) is 17.3. The maximum Gasteiger partial charge on any atom is 0.298 e. The van der Waals surface area contributed by atoms with Gasteiger partial charge < -0.3 is 20.1 Å². The first-order valence-electron chi connectivity index (χ1n) is 9.67. The minimum Gasteiger partial charge on any atom is -0.497 e. The van der Waals surface area contributed by atoms with Gasteiger partial charge in [-0.15, -0.1) is 6.42 Å². The maximum absolute atomic E-state index is 11.9. The van der Waals surface area contributed by atoms with Gasteiger partial charge in [-0.2, -0.15) is 0 Å². The van der Waals surface area contributed by atoms with E-state index >= 15 is 0 Å². The summed E-state index contributed by atoms with van der Waals surface area (Å²) in [6, 6.07) is 5.41. The lowest BCUT2D eigenvalue weighted by molar-refractivity contribution is -0.124. The van der Waals surface area contributed by atoms with Gasteiger partial charge in [0, 0.05) is 43.0 Å². The van der Waals surface area contributed by atoms with Crippen LogP contribution in [-0.4, -0.2) is 52.5 Å². The van der Waals surface area contributed by atoms with Crippen molar-refractivity contribution in [2.24, 2.45) is 0 Å². The lowest BCUT2D eigenvalue weighted by Crippen LogP contribution is -2.27. The molecule has 1 aliphatic heterocycles. The van der Waals surface area contributed by atoms with Crippen molar-refractivity contribution in [3.05, 3.63) is 47.7 Å². The second-order valence-corrected chi connectivity index (χ2v) is 7.08. The van der Waals surface area contributed by atoms with E-state index in [2.05, 4.69) is 22.7 Å². The van der Waals surface area contributed by atoms with Crippen LogP contribution in [-0.2, 0) is 4.79 Å². The Morgan fingerprint density at radius 2 is 1.97 bits per heavy atom. The zero-order valence-corrected chi connectivity index (χ0v) is 17.3. The molecule has 4 rings (SSSR count). The fourth-order valence-electron chi connectivity index (χ4n) is 3.72. The van der Waals surface area contributed by atoms with E-state index in [9.17, 15) is 4.79 Å². The largest absolute Gasteiger partial charge is 0.497 e. The number of nitrogens with zero attached hydrogens (tertiary/aromatic N) is 4. The summed E-state index contributed by atoms with van der Waals surface area (Å²) < 4.78 is 12.5. The summed E-state index contributed by atoms with van der Waals surface area (Å²) >= 11 is 0. The first kappa shape index (κ1) is 20.1. The van der Waals surface area contributed by atoms with Crippen LogP contribution in [0.5, 0.6) is 11.5 Å². The van der Waals surface area contributed by atoms with E-state index in [1.54, 1.807) is 37.6 Å². The minimum absolute atomic E-state index is 0.0269. The smallest absolute Gasteiger partial charge is 0.298 e. The molecule has 3 aromatic rings. The molecular formula is C23H21N5O3. The Bertz CT molecular complexity index is 1240. The number of carbonyl (C=O) groups is 1. The number of rotatable bonds is 3. The number of hydrogen-bond donors (Lipinski definition) is 1. The molecule has 1 aromatic carbocycles. The molecule has 1 saturated heterocycles. The summed E-state index contributed by atoms with van der Waals surface area (Å²) in [4.78, 5) is 22.5. The molecule has 8 nitrogen and oxygen atoms in total. The van der Waals surface area contributed by atoms with Gasteiger partial charge in [-0.05, 0) is 30.4 Å². The third kappa shape index (κ3) is 3.84. The van der Waals surface area contributed by atoms with Crippen molar-refractivity contribution in [3.63, 3.8) is 0 Å². The van der Waals surface area contributed by atoms with E-state index in [1.165, 1.54) is 0 Å². The topological polar surface area (TPSA) is 95.0 Å². The van der Waals surface area contributed by atoms with Gasteiger partial charge in [-0.3, -0.25) is 9.20 Å².